The van der Waals surface area contributed by atoms with Gasteiger partial charge in [-0.15, -0.1) is 5.73 Å². The van der Waals surface area contributed by atoms with Crippen LogP contribution in [0.2, 0.25) is 0 Å². The summed E-state index contributed by atoms with van der Waals surface area (Å²) in [6, 6.07) is 0. The van der Waals surface area contributed by atoms with Crippen molar-refractivity contribution in [2.75, 3.05) is 6.54 Å². The molecule has 1 rings (SSSR count). The molecule has 0 atom stereocenters. The number of nitrogens with zero attached hydrogens (tertiary/aromatic N) is 1. The largest absolute Gasteiger partial charge is 0.341 e. The fraction of sp³-hybridized carbons (Fsp3) is 0.222. The summed E-state index contributed by atoms with van der Waals surface area (Å²) in [6.07, 6.45) is 5.99. The molecule has 0 bridgehead atoms. The molecule has 0 unspecified atom stereocenters. The molecule has 0 spiro atoms. The Balaban J connectivity index is 2.92. The summed E-state index contributed by atoms with van der Waals surface area (Å²) in [5.41, 5.74) is 3.89. The quantitative estimate of drug-likeness (QED) is 0.604. The van der Waals surface area contributed by atoms with E-state index in [1.165, 1.54) is 0 Å². The lowest BCUT2D eigenvalue weighted by Crippen LogP contribution is -2.16. The van der Waals surface area contributed by atoms with Crippen molar-refractivity contribution in [1.29, 1.82) is 0 Å². The number of halogens is 1. The highest BCUT2D eigenvalue weighted by molar-refractivity contribution is 9.11. The fourth-order valence-corrected chi connectivity index (χ4v) is 1.32. The number of hydrogen-bond donors (Lipinski definition) is 0. The zero-order valence-corrected chi connectivity index (χ0v) is 8.06. The third-order valence-electron chi connectivity index (χ3n) is 1.51. The van der Waals surface area contributed by atoms with Crippen LogP contribution < -0.4 is 0 Å². The van der Waals surface area contributed by atoms with E-state index in [9.17, 15) is 0 Å². The fourth-order valence-electron chi connectivity index (χ4n) is 0.938. The van der Waals surface area contributed by atoms with Crippen molar-refractivity contribution in [3.8, 4) is 0 Å². The number of rotatable bonds is 1. The maximum Gasteiger partial charge on any atom is 0.0834 e. The lowest BCUT2D eigenvalue weighted by Gasteiger charge is -2.20. The van der Waals surface area contributed by atoms with Gasteiger partial charge in [-0.3, -0.25) is 0 Å². The van der Waals surface area contributed by atoms with Crippen LogP contribution in [-0.4, -0.2) is 11.4 Å². The lowest BCUT2D eigenvalue weighted by atomic mass is 10.3. The third-order valence-corrected chi connectivity index (χ3v) is 1.98. The maximum atomic E-state index is 3.61. The molecule has 0 aliphatic carbocycles. The Labute approximate surface area is 75.5 Å². The van der Waals surface area contributed by atoms with Gasteiger partial charge in [-0.1, -0.05) is 6.58 Å². The zero-order chi connectivity index (χ0) is 8.27. The van der Waals surface area contributed by atoms with Gasteiger partial charge in [0.25, 0.3) is 0 Å². The highest BCUT2D eigenvalue weighted by atomic mass is 79.9. The van der Waals surface area contributed by atoms with Crippen LogP contribution in [-0.2, 0) is 0 Å². The average Bonchev–Trinajstić information content (AvgIpc) is 2.04. The average molecular weight is 212 g/mol. The molecule has 11 heavy (non-hydrogen) atoms. The summed E-state index contributed by atoms with van der Waals surface area (Å²) >= 11 is 3.40. The van der Waals surface area contributed by atoms with Crippen LogP contribution in [0.3, 0.4) is 0 Å². The van der Waals surface area contributed by atoms with E-state index >= 15 is 0 Å². The van der Waals surface area contributed by atoms with Crippen molar-refractivity contribution in [2.45, 2.75) is 6.92 Å². The molecule has 1 aliphatic heterocycles. The van der Waals surface area contributed by atoms with E-state index in [0.29, 0.717) is 0 Å². The molecule has 0 N–H and O–H groups in total. The second-order valence-corrected chi connectivity index (χ2v) is 3.11. The van der Waals surface area contributed by atoms with E-state index < -0.39 is 0 Å². The summed E-state index contributed by atoms with van der Waals surface area (Å²) in [5.74, 6) is 0. The standard InChI is InChI=1S/C9H10BrN/c1-3-9-6-5-8(10)7-11(9)4-2/h5-7H,1,4H2,2H3. The summed E-state index contributed by atoms with van der Waals surface area (Å²) in [4.78, 5) is 2.08. The second-order valence-electron chi connectivity index (χ2n) is 2.20. The van der Waals surface area contributed by atoms with Crippen LogP contribution in [0.15, 0.2) is 40.8 Å². The normalized spacial score (nSPS) is 16.4. The van der Waals surface area contributed by atoms with Gasteiger partial charge in [0.15, 0.2) is 0 Å². The number of hydrogen-bond acceptors (Lipinski definition) is 1. The van der Waals surface area contributed by atoms with E-state index in [0.717, 1.165) is 16.7 Å². The van der Waals surface area contributed by atoms with Gasteiger partial charge < -0.3 is 4.90 Å². The van der Waals surface area contributed by atoms with Crippen LogP contribution in [0, 0.1) is 0 Å². The molecule has 0 saturated heterocycles. The Morgan fingerprint density at radius 3 is 2.91 bits per heavy atom. The molecular weight excluding hydrogens is 202 g/mol. The molecule has 0 saturated carbocycles. The molecule has 0 aromatic carbocycles. The minimum atomic E-state index is 0.942. The number of likely N-dealkylation sites (N-methyl/N-ethyl adjacent to an activating group) is 1. The highest BCUT2D eigenvalue weighted by Crippen LogP contribution is 2.18. The van der Waals surface area contributed by atoms with Crippen molar-refractivity contribution in [3.63, 3.8) is 0 Å². The third kappa shape index (κ3) is 1.86. The zero-order valence-electron chi connectivity index (χ0n) is 6.47. The molecule has 58 valence electrons. The first kappa shape index (κ1) is 8.38. The molecule has 1 aliphatic rings. The van der Waals surface area contributed by atoms with Crippen molar-refractivity contribution >= 4 is 15.9 Å². The predicted molar refractivity (Wildman–Crippen MR) is 51.2 cm³/mol. The number of allylic oxidation sites excluding steroid dienone is 3. The maximum absolute atomic E-state index is 3.61. The van der Waals surface area contributed by atoms with E-state index in [1.54, 1.807) is 0 Å². The molecule has 1 heterocycles. The van der Waals surface area contributed by atoms with Gasteiger partial charge in [0.2, 0.25) is 0 Å². The Bertz CT molecular complexity index is 257. The first-order valence-corrected chi connectivity index (χ1v) is 4.29. The summed E-state index contributed by atoms with van der Waals surface area (Å²) in [6.45, 7) is 6.64. The molecule has 0 aromatic heterocycles. The molecule has 0 aromatic rings. The van der Waals surface area contributed by atoms with Gasteiger partial charge in [-0.25, -0.2) is 0 Å². The van der Waals surface area contributed by atoms with E-state index in [2.05, 4.69) is 40.1 Å². The van der Waals surface area contributed by atoms with Crippen LogP contribution in [0.25, 0.3) is 0 Å². The monoisotopic (exact) mass is 211 g/mol. The Morgan fingerprint density at radius 2 is 2.36 bits per heavy atom. The van der Waals surface area contributed by atoms with Crippen LogP contribution in [0.1, 0.15) is 6.92 Å². The minimum Gasteiger partial charge on any atom is -0.341 e. The van der Waals surface area contributed by atoms with Crippen LogP contribution in [0.5, 0.6) is 0 Å². The van der Waals surface area contributed by atoms with Crippen molar-refractivity contribution in [2.24, 2.45) is 0 Å². The molecule has 0 fully saturated rings. The SMILES string of the molecule is C=C=C1C=CC(Br)=CN1CC. The summed E-state index contributed by atoms with van der Waals surface area (Å²) in [5, 5.41) is 0. The minimum absolute atomic E-state index is 0.942. The second kappa shape index (κ2) is 3.61. The Hall–Kier alpha value is -0.720. The molecule has 1 nitrogen and oxygen atoms in total. The summed E-state index contributed by atoms with van der Waals surface area (Å²) < 4.78 is 1.08. The van der Waals surface area contributed by atoms with Gasteiger partial charge in [0.05, 0.1) is 5.70 Å². The topological polar surface area (TPSA) is 3.24 Å². The Kier molecular flexibility index (Phi) is 2.75. The van der Waals surface area contributed by atoms with Gasteiger partial charge in [0, 0.05) is 17.2 Å². The van der Waals surface area contributed by atoms with Gasteiger partial charge in [-0.05, 0) is 35.0 Å². The smallest absolute Gasteiger partial charge is 0.0834 e. The first-order chi connectivity index (χ1) is 5.27. The van der Waals surface area contributed by atoms with Crippen LogP contribution in [0.4, 0.5) is 0 Å². The van der Waals surface area contributed by atoms with E-state index in [4.69, 9.17) is 0 Å². The molecule has 2 heteroatoms. The van der Waals surface area contributed by atoms with Crippen LogP contribution >= 0.6 is 15.9 Å². The highest BCUT2D eigenvalue weighted by Gasteiger charge is 2.05. The summed E-state index contributed by atoms with van der Waals surface area (Å²) in [7, 11) is 0. The van der Waals surface area contributed by atoms with Gasteiger partial charge in [-0.2, -0.15) is 0 Å². The molecular formula is C9H10BrN. The predicted octanol–water partition coefficient (Wildman–Crippen LogP) is 2.78. The van der Waals surface area contributed by atoms with Gasteiger partial charge >= 0.3 is 0 Å². The van der Waals surface area contributed by atoms with E-state index in [-0.39, 0.29) is 0 Å². The van der Waals surface area contributed by atoms with Crippen molar-refractivity contribution in [3.05, 3.63) is 40.8 Å². The van der Waals surface area contributed by atoms with Crippen molar-refractivity contribution in [1.82, 2.24) is 4.90 Å². The molecule has 0 radical (unpaired) electrons. The first-order valence-electron chi connectivity index (χ1n) is 3.50. The lowest BCUT2D eigenvalue weighted by molar-refractivity contribution is 0.503. The van der Waals surface area contributed by atoms with Crippen molar-refractivity contribution < 1.29 is 0 Å². The molecule has 0 amide bonds. The van der Waals surface area contributed by atoms with E-state index in [1.807, 2.05) is 18.4 Å². The Morgan fingerprint density at radius 1 is 1.64 bits per heavy atom. The van der Waals surface area contributed by atoms with Gasteiger partial charge in [0.1, 0.15) is 0 Å².